The normalized spacial score (nSPS) is 13.8. The molecule has 0 fully saturated rings. The van der Waals surface area contributed by atoms with Gasteiger partial charge in [0.1, 0.15) is 0 Å². The van der Waals surface area contributed by atoms with Crippen LogP contribution in [0.25, 0.3) is 0 Å². The van der Waals surface area contributed by atoms with Crippen LogP contribution in [-0.2, 0) is 33.6 Å². The zero-order chi connectivity index (χ0) is 19.2. The van der Waals surface area contributed by atoms with E-state index in [-0.39, 0.29) is 6.42 Å². The molecule has 0 bridgehead atoms. The highest BCUT2D eigenvalue weighted by Gasteiger charge is 2.19. The van der Waals surface area contributed by atoms with Gasteiger partial charge in [-0.25, -0.2) is 0 Å². The zero-order valence-electron chi connectivity index (χ0n) is 15.3. The first-order valence-electron chi connectivity index (χ1n) is 9.16. The van der Waals surface area contributed by atoms with Gasteiger partial charge in [0.15, 0.2) is 6.10 Å². The number of benzene rings is 2. The smallest absolute Gasteiger partial charge is 0.311 e. The molecule has 1 aliphatic carbocycles. The number of ether oxygens (including phenoxy) is 1. The fraction of sp³-hybridized carbons (Fsp3) is 0.318. The summed E-state index contributed by atoms with van der Waals surface area (Å²) < 4.78 is 5.27. The van der Waals surface area contributed by atoms with Crippen LogP contribution in [0.1, 0.15) is 42.0 Å². The molecule has 1 amide bonds. The summed E-state index contributed by atoms with van der Waals surface area (Å²) in [6, 6.07) is 14.7. The van der Waals surface area contributed by atoms with Gasteiger partial charge >= 0.3 is 5.97 Å². The van der Waals surface area contributed by atoms with Gasteiger partial charge in [-0.2, -0.15) is 5.26 Å². The van der Waals surface area contributed by atoms with Gasteiger partial charge in [-0.15, -0.1) is 0 Å². The average Bonchev–Trinajstić information content (AvgIpc) is 2.67. The van der Waals surface area contributed by atoms with Crippen molar-refractivity contribution in [2.45, 2.75) is 45.1 Å². The first kappa shape index (κ1) is 18.7. The molecular weight excluding hydrogens is 340 g/mol. The van der Waals surface area contributed by atoms with Crippen molar-refractivity contribution in [1.29, 1.82) is 5.26 Å². The molecule has 2 aromatic rings. The number of carbonyl (C=O) groups excluding carboxylic acids is 2. The first-order chi connectivity index (χ1) is 13.0. The highest BCUT2D eigenvalue weighted by Crippen LogP contribution is 2.22. The van der Waals surface area contributed by atoms with Crippen molar-refractivity contribution in [1.82, 2.24) is 0 Å². The van der Waals surface area contributed by atoms with Gasteiger partial charge in [-0.3, -0.25) is 9.59 Å². The standard InChI is InChI=1S/C22H22N2O3/c1-15(22(26)24-20-8-4-5-17(12-20)14-23)27-21(25)13-16-9-10-18-6-2-3-7-19(18)11-16/h4-5,8-12,15H,2-3,6-7,13H2,1H3,(H,24,26)/t15-/m1/s1. The van der Waals surface area contributed by atoms with Crippen LogP contribution in [0.3, 0.4) is 0 Å². The van der Waals surface area contributed by atoms with Crippen LogP contribution in [0.2, 0.25) is 0 Å². The summed E-state index contributed by atoms with van der Waals surface area (Å²) in [5.41, 5.74) is 4.54. The molecule has 5 heteroatoms. The second-order valence-corrected chi connectivity index (χ2v) is 6.80. The van der Waals surface area contributed by atoms with E-state index in [9.17, 15) is 9.59 Å². The van der Waals surface area contributed by atoms with E-state index in [1.165, 1.54) is 30.9 Å². The lowest BCUT2D eigenvalue weighted by molar-refractivity contribution is -0.152. The molecule has 1 atom stereocenters. The molecule has 3 rings (SSSR count). The fourth-order valence-corrected chi connectivity index (χ4v) is 3.27. The summed E-state index contributed by atoms with van der Waals surface area (Å²) in [7, 11) is 0. The summed E-state index contributed by atoms with van der Waals surface area (Å²) in [5.74, 6) is -0.858. The number of esters is 1. The van der Waals surface area contributed by atoms with Gasteiger partial charge in [-0.1, -0.05) is 24.3 Å². The molecule has 0 aromatic heterocycles. The third kappa shape index (κ3) is 4.95. The van der Waals surface area contributed by atoms with E-state index < -0.39 is 18.0 Å². The summed E-state index contributed by atoms with van der Waals surface area (Å²) >= 11 is 0. The molecule has 1 N–H and O–H groups in total. The van der Waals surface area contributed by atoms with Crippen LogP contribution in [0, 0.1) is 11.3 Å². The van der Waals surface area contributed by atoms with Gasteiger partial charge < -0.3 is 10.1 Å². The average molecular weight is 362 g/mol. The van der Waals surface area contributed by atoms with Crippen molar-refractivity contribution in [3.8, 4) is 6.07 Å². The summed E-state index contributed by atoms with van der Waals surface area (Å²) in [5, 5.41) is 11.6. The molecule has 5 nitrogen and oxygen atoms in total. The monoisotopic (exact) mass is 362 g/mol. The molecule has 1 aliphatic rings. The lowest BCUT2D eigenvalue weighted by Crippen LogP contribution is -2.30. The minimum absolute atomic E-state index is 0.148. The van der Waals surface area contributed by atoms with Crippen molar-refractivity contribution in [2.75, 3.05) is 5.32 Å². The van der Waals surface area contributed by atoms with Crippen LogP contribution in [0.15, 0.2) is 42.5 Å². The summed E-state index contributed by atoms with van der Waals surface area (Å²) in [4.78, 5) is 24.4. The van der Waals surface area contributed by atoms with Crippen LogP contribution < -0.4 is 5.32 Å². The lowest BCUT2D eigenvalue weighted by Gasteiger charge is -2.17. The molecule has 0 unspecified atom stereocenters. The van der Waals surface area contributed by atoms with E-state index in [4.69, 9.17) is 10.00 Å². The Kier molecular flexibility index (Phi) is 5.87. The van der Waals surface area contributed by atoms with Gasteiger partial charge in [0, 0.05) is 5.69 Å². The Balaban J connectivity index is 1.55. The highest BCUT2D eigenvalue weighted by atomic mass is 16.5. The van der Waals surface area contributed by atoms with Crippen molar-refractivity contribution < 1.29 is 14.3 Å². The van der Waals surface area contributed by atoms with Gasteiger partial charge in [0.2, 0.25) is 0 Å². The third-order valence-electron chi connectivity index (χ3n) is 4.70. The number of nitrogens with zero attached hydrogens (tertiary/aromatic N) is 1. The SMILES string of the molecule is C[C@@H](OC(=O)Cc1ccc2c(c1)CCCC2)C(=O)Nc1cccc(C#N)c1. The van der Waals surface area contributed by atoms with Gasteiger partial charge in [0.25, 0.3) is 5.91 Å². The number of nitrogens with one attached hydrogen (secondary N) is 1. The molecule has 0 saturated heterocycles. The predicted molar refractivity (Wildman–Crippen MR) is 102 cm³/mol. The van der Waals surface area contributed by atoms with Crippen LogP contribution in [0.4, 0.5) is 5.69 Å². The number of hydrogen-bond acceptors (Lipinski definition) is 4. The Bertz CT molecular complexity index is 899. The van der Waals surface area contributed by atoms with E-state index in [1.54, 1.807) is 24.3 Å². The van der Waals surface area contributed by atoms with Crippen molar-refractivity contribution in [2.24, 2.45) is 0 Å². The molecule has 0 radical (unpaired) electrons. The maximum Gasteiger partial charge on any atom is 0.311 e. The van der Waals surface area contributed by atoms with E-state index in [1.807, 2.05) is 12.1 Å². The number of fused-ring (bicyclic) bond motifs is 1. The number of amides is 1. The molecule has 0 heterocycles. The van der Waals surface area contributed by atoms with Crippen LogP contribution in [0.5, 0.6) is 0 Å². The summed E-state index contributed by atoms with van der Waals surface area (Å²) in [6.45, 7) is 1.54. The number of aryl methyl sites for hydroxylation is 2. The molecule has 0 saturated carbocycles. The second kappa shape index (κ2) is 8.50. The maximum atomic E-state index is 12.2. The molecular formula is C22H22N2O3. The second-order valence-electron chi connectivity index (χ2n) is 6.80. The molecule has 0 spiro atoms. The number of nitriles is 1. The van der Waals surface area contributed by atoms with Crippen molar-refractivity contribution in [3.05, 3.63) is 64.7 Å². The lowest BCUT2D eigenvalue weighted by atomic mass is 9.90. The molecule has 27 heavy (non-hydrogen) atoms. The van der Waals surface area contributed by atoms with E-state index in [2.05, 4.69) is 17.4 Å². The Hall–Kier alpha value is -3.13. The van der Waals surface area contributed by atoms with Crippen LogP contribution in [-0.4, -0.2) is 18.0 Å². The third-order valence-corrected chi connectivity index (χ3v) is 4.70. The number of carbonyl (C=O) groups is 2. The molecule has 2 aromatic carbocycles. The Morgan fingerprint density at radius 3 is 2.70 bits per heavy atom. The molecule has 138 valence electrons. The Morgan fingerprint density at radius 2 is 1.93 bits per heavy atom. The maximum absolute atomic E-state index is 12.2. The fourth-order valence-electron chi connectivity index (χ4n) is 3.27. The van der Waals surface area contributed by atoms with Crippen molar-refractivity contribution in [3.63, 3.8) is 0 Å². The van der Waals surface area contributed by atoms with E-state index in [0.29, 0.717) is 11.3 Å². The first-order valence-corrected chi connectivity index (χ1v) is 9.16. The highest BCUT2D eigenvalue weighted by molar-refractivity contribution is 5.95. The van der Waals surface area contributed by atoms with Gasteiger partial charge in [-0.05, 0) is 67.5 Å². The Morgan fingerprint density at radius 1 is 1.15 bits per heavy atom. The van der Waals surface area contributed by atoms with Crippen molar-refractivity contribution >= 4 is 17.6 Å². The van der Waals surface area contributed by atoms with E-state index in [0.717, 1.165) is 18.4 Å². The minimum atomic E-state index is -0.916. The predicted octanol–water partition coefficient (Wildman–Crippen LogP) is 3.55. The minimum Gasteiger partial charge on any atom is -0.452 e. The van der Waals surface area contributed by atoms with Crippen LogP contribution >= 0.6 is 0 Å². The molecule has 0 aliphatic heterocycles. The van der Waals surface area contributed by atoms with Gasteiger partial charge in [0.05, 0.1) is 18.1 Å². The number of hydrogen-bond donors (Lipinski definition) is 1. The largest absolute Gasteiger partial charge is 0.452 e. The summed E-state index contributed by atoms with van der Waals surface area (Å²) in [6.07, 6.45) is 3.79. The van der Waals surface area contributed by atoms with E-state index >= 15 is 0 Å². The number of anilines is 1. The topological polar surface area (TPSA) is 79.2 Å². The Labute approximate surface area is 159 Å². The number of rotatable bonds is 5. The zero-order valence-corrected chi connectivity index (χ0v) is 15.3. The quantitative estimate of drug-likeness (QED) is 0.825.